The first-order valence-electron chi connectivity index (χ1n) is 12.0. The summed E-state index contributed by atoms with van der Waals surface area (Å²) in [7, 11) is 6.04. The fraction of sp³-hybridized carbons (Fsp3) is 0.538. The Labute approximate surface area is 198 Å². The maximum absolute atomic E-state index is 13.1. The van der Waals surface area contributed by atoms with Gasteiger partial charge in [-0.1, -0.05) is 19.9 Å². The Morgan fingerprint density at radius 3 is 2.79 bits per heavy atom. The van der Waals surface area contributed by atoms with Gasteiger partial charge in [-0.3, -0.25) is 9.88 Å². The normalized spacial score (nSPS) is 20.5. The third-order valence-electron chi connectivity index (χ3n) is 6.25. The van der Waals surface area contributed by atoms with Crippen LogP contribution in [0.2, 0.25) is 0 Å². The topological polar surface area (TPSA) is 66.9 Å². The molecule has 180 valence electrons. The number of allylic oxidation sites excluding steroid dienone is 1. The molecule has 0 saturated carbocycles. The Hall–Kier alpha value is -2.64. The number of nitrogens with zero attached hydrogens (tertiary/aromatic N) is 3. The molecule has 1 saturated heterocycles. The first-order chi connectivity index (χ1) is 16.0. The Balaban J connectivity index is 0.00000149. The van der Waals surface area contributed by atoms with Crippen LogP contribution in [0.5, 0.6) is 0 Å². The van der Waals surface area contributed by atoms with Crippen molar-refractivity contribution in [2.24, 2.45) is 0 Å². The Morgan fingerprint density at radius 2 is 2.12 bits per heavy atom. The van der Waals surface area contributed by atoms with Gasteiger partial charge in [0.1, 0.15) is 12.5 Å². The number of carbonyl (C=O) groups excluding carboxylic acids is 1. The van der Waals surface area contributed by atoms with Gasteiger partial charge in [-0.2, -0.15) is 0 Å². The molecule has 1 aromatic rings. The van der Waals surface area contributed by atoms with Crippen LogP contribution in [0.3, 0.4) is 0 Å². The van der Waals surface area contributed by atoms with Gasteiger partial charge >= 0.3 is 5.97 Å². The van der Waals surface area contributed by atoms with E-state index in [9.17, 15) is 4.79 Å². The van der Waals surface area contributed by atoms with Gasteiger partial charge in [0.15, 0.2) is 0 Å². The fourth-order valence-electron chi connectivity index (χ4n) is 4.90. The Morgan fingerprint density at radius 1 is 1.33 bits per heavy atom. The SMILES string of the molecule is CC.CCOC(=O)C1=C(CNC)N(C)C2CCC(Cc3cccnc3)=C3OCN(C)CC3=C12. The van der Waals surface area contributed by atoms with E-state index in [1.807, 2.05) is 47.1 Å². The third kappa shape index (κ3) is 5.14. The molecule has 2 aliphatic heterocycles. The minimum absolute atomic E-state index is 0.134. The van der Waals surface area contributed by atoms with Crippen LogP contribution < -0.4 is 5.32 Å². The van der Waals surface area contributed by atoms with E-state index in [0.29, 0.717) is 25.5 Å². The van der Waals surface area contributed by atoms with Gasteiger partial charge in [0.2, 0.25) is 0 Å². The molecule has 0 amide bonds. The monoisotopic (exact) mass is 454 g/mol. The van der Waals surface area contributed by atoms with E-state index in [2.05, 4.69) is 33.2 Å². The van der Waals surface area contributed by atoms with E-state index in [0.717, 1.165) is 48.4 Å². The van der Waals surface area contributed by atoms with Crippen LogP contribution in [0.1, 0.15) is 39.2 Å². The summed E-state index contributed by atoms with van der Waals surface area (Å²) in [5.41, 5.74) is 6.36. The van der Waals surface area contributed by atoms with Crippen LogP contribution in [0, 0.1) is 0 Å². The van der Waals surface area contributed by atoms with Crippen molar-refractivity contribution >= 4 is 5.97 Å². The number of carbonyl (C=O) groups is 1. The van der Waals surface area contributed by atoms with Crippen LogP contribution in [-0.4, -0.2) is 74.4 Å². The Bertz CT molecular complexity index is 936. The molecule has 7 nitrogen and oxygen atoms in total. The molecule has 0 aromatic carbocycles. The lowest BCUT2D eigenvalue weighted by Crippen LogP contribution is -2.34. The number of ether oxygens (including phenoxy) is 2. The van der Waals surface area contributed by atoms with Crippen LogP contribution in [0.4, 0.5) is 0 Å². The number of nitrogens with one attached hydrogen (secondary N) is 1. The smallest absolute Gasteiger partial charge is 0.340 e. The minimum atomic E-state index is -0.243. The molecule has 33 heavy (non-hydrogen) atoms. The van der Waals surface area contributed by atoms with Gasteiger partial charge in [0.25, 0.3) is 0 Å². The van der Waals surface area contributed by atoms with Crippen LogP contribution in [0.25, 0.3) is 0 Å². The molecule has 0 bridgehead atoms. The summed E-state index contributed by atoms with van der Waals surface area (Å²) in [6.45, 7) is 8.13. The summed E-state index contributed by atoms with van der Waals surface area (Å²) in [6, 6.07) is 4.21. The zero-order chi connectivity index (χ0) is 24.0. The van der Waals surface area contributed by atoms with E-state index in [4.69, 9.17) is 9.47 Å². The molecule has 4 rings (SSSR count). The van der Waals surface area contributed by atoms with E-state index in [1.165, 1.54) is 11.1 Å². The molecule has 0 radical (unpaired) electrons. The summed E-state index contributed by atoms with van der Waals surface area (Å²) in [5.74, 6) is 0.716. The maximum Gasteiger partial charge on any atom is 0.340 e. The highest BCUT2D eigenvalue weighted by atomic mass is 16.5. The van der Waals surface area contributed by atoms with Crippen molar-refractivity contribution in [3.05, 3.63) is 63.8 Å². The highest BCUT2D eigenvalue weighted by Gasteiger charge is 2.43. The second-order valence-corrected chi connectivity index (χ2v) is 8.39. The molecule has 7 heteroatoms. The van der Waals surface area contributed by atoms with Gasteiger partial charge in [-0.15, -0.1) is 0 Å². The number of hydrogen-bond acceptors (Lipinski definition) is 7. The first-order valence-corrected chi connectivity index (χ1v) is 12.0. The lowest BCUT2D eigenvalue weighted by atomic mass is 9.93. The highest BCUT2D eigenvalue weighted by Crippen LogP contribution is 2.44. The molecular formula is C26H38N4O3. The predicted molar refractivity (Wildman–Crippen MR) is 130 cm³/mol. The van der Waals surface area contributed by atoms with Crippen LogP contribution in [-0.2, 0) is 20.7 Å². The molecule has 1 aromatic heterocycles. The zero-order valence-electron chi connectivity index (χ0n) is 20.9. The quantitative estimate of drug-likeness (QED) is 0.662. The average molecular weight is 455 g/mol. The number of rotatable bonds is 6. The summed E-state index contributed by atoms with van der Waals surface area (Å²) < 4.78 is 11.8. The molecule has 3 aliphatic rings. The zero-order valence-corrected chi connectivity index (χ0v) is 20.9. The number of esters is 1. The van der Waals surface area contributed by atoms with Gasteiger partial charge in [0, 0.05) is 43.8 Å². The van der Waals surface area contributed by atoms with E-state index >= 15 is 0 Å². The molecule has 1 aliphatic carbocycles. The molecular weight excluding hydrogens is 416 g/mol. The summed E-state index contributed by atoms with van der Waals surface area (Å²) in [4.78, 5) is 21.8. The van der Waals surface area contributed by atoms with Gasteiger partial charge in [0.05, 0.1) is 18.2 Å². The van der Waals surface area contributed by atoms with E-state index in [1.54, 1.807) is 6.20 Å². The van der Waals surface area contributed by atoms with Crippen molar-refractivity contribution in [1.29, 1.82) is 0 Å². The fourth-order valence-corrected chi connectivity index (χ4v) is 4.90. The summed E-state index contributed by atoms with van der Waals surface area (Å²) in [6.07, 6.45) is 6.37. The highest BCUT2D eigenvalue weighted by molar-refractivity contribution is 5.96. The lowest BCUT2D eigenvalue weighted by molar-refractivity contribution is -0.138. The lowest BCUT2D eigenvalue weighted by Gasteiger charge is -2.31. The number of pyridine rings is 1. The number of aromatic nitrogens is 1. The van der Waals surface area contributed by atoms with Crippen LogP contribution in [0.15, 0.2) is 58.3 Å². The first kappa shape index (κ1) is 25.0. The molecule has 3 heterocycles. The standard InChI is InChI=1S/C24H32N4O3.C2H6/c1-5-30-24(29)22-20(13-25-2)28(4)19-9-8-17(11-16-7-6-10-26-12-16)23-18(21(19)22)14-27(3)15-31-23;1-2/h6-7,10,12,19,25H,5,8-9,11,13-15H2,1-4H3;1-2H3. The molecule has 1 N–H and O–H groups in total. The number of likely N-dealkylation sites (N-methyl/N-ethyl adjacent to an activating group) is 3. The van der Waals surface area contributed by atoms with Crippen LogP contribution >= 0.6 is 0 Å². The number of fused-ring (bicyclic) bond motifs is 2. The summed E-state index contributed by atoms with van der Waals surface area (Å²) in [5, 5.41) is 3.22. The molecule has 1 unspecified atom stereocenters. The van der Waals surface area contributed by atoms with Crippen molar-refractivity contribution in [3.63, 3.8) is 0 Å². The number of hydrogen-bond donors (Lipinski definition) is 1. The van der Waals surface area contributed by atoms with Crippen molar-refractivity contribution in [3.8, 4) is 0 Å². The molecule has 0 spiro atoms. The maximum atomic E-state index is 13.1. The van der Waals surface area contributed by atoms with E-state index in [-0.39, 0.29) is 12.0 Å². The minimum Gasteiger partial charge on any atom is -0.478 e. The van der Waals surface area contributed by atoms with Crippen molar-refractivity contribution in [1.82, 2.24) is 20.1 Å². The molecule has 1 fully saturated rings. The second kappa shape index (κ2) is 11.5. The van der Waals surface area contributed by atoms with Crippen molar-refractivity contribution < 1.29 is 14.3 Å². The Kier molecular flexibility index (Phi) is 8.69. The van der Waals surface area contributed by atoms with Gasteiger partial charge < -0.3 is 19.7 Å². The average Bonchev–Trinajstić information content (AvgIpc) is 3.00. The predicted octanol–water partition coefficient (Wildman–Crippen LogP) is 3.26. The van der Waals surface area contributed by atoms with Crippen molar-refractivity contribution in [2.45, 2.75) is 46.1 Å². The summed E-state index contributed by atoms with van der Waals surface area (Å²) >= 11 is 0. The van der Waals surface area contributed by atoms with Gasteiger partial charge in [-0.25, -0.2) is 4.79 Å². The molecule has 1 atom stereocenters. The van der Waals surface area contributed by atoms with Gasteiger partial charge in [-0.05, 0) is 63.1 Å². The second-order valence-electron chi connectivity index (χ2n) is 8.39. The largest absolute Gasteiger partial charge is 0.478 e. The third-order valence-corrected chi connectivity index (χ3v) is 6.25. The van der Waals surface area contributed by atoms with Crippen molar-refractivity contribution in [2.75, 3.05) is 47.6 Å². The van der Waals surface area contributed by atoms with E-state index < -0.39 is 0 Å².